The number of aromatic nitrogens is 8. The lowest BCUT2D eigenvalue weighted by molar-refractivity contribution is 0.495. The molecule has 8 nitrogen and oxygen atoms in total. The lowest BCUT2D eigenvalue weighted by Crippen LogP contribution is -2.11. The molecule has 6 aromatic heterocycles. The Kier molecular flexibility index (Phi) is 5.79. The quantitative estimate of drug-likeness (QED) is 0.286. The van der Waals surface area contributed by atoms with Crippen molar-refractivity contribution in [1.82, 2.24) is 38.9 Å². The minimum Gasteiger partial charge on any atom is -0.286 e. The monoisotopic (exact) mass is 510 g/mol. The van der Waals surface area contributed by atoms with Crippen molar-refractivity contribution in [3.05, 3.63) is 102 Å². The summed E-state index contributed by atoms with van der Waals surface area (Å²) < 4.78 is 33.7. The van der Waals surface area contributed by atoms with Crippen LogP contribution in [-0.4, -0.2) is 38.9 Å². The first-order chi connectivity index (χ1) is 18.4. The molecule has 6 aromatic rings. The van der Waals surface area contributed by atoms with E-state index in [0.717, 1.165) is 17.0 Å². The van der Waals surface area contributed by atoms with Gasteiger partial charge in [0.1, 0.15) is 17.3 Å². The van der Waals surface area contributed by atoms with Crippen molar-refractivity contribution in [2.24, 2.45) is 0 Å². The zero-order chi connectivity index (χ0) is 26.4. The molecule has 0 amide bonds. The molecule has 0 spiro atoms. The average Bonchev–Trinajstić information content (AvgIpc) is 3.64. The molecule has 190 valence electrons. The van der Waals surface area contributed by atoms with Gasteiger partial charge in [-0.15, -0.1) is 5.10 Å². The van der Waals surface area contributed by atoms with Gasteiger partial charge in [0, 0.05) is 34.9 Å². The fourth-order valence-electron chi connectivity index (χ4n) is 4.66. The summed E-state index contributed by atoms with van der Waals surface area (Å²) in [6, 6.07) is 13.5. The Morgan fingerprint density at radius 2 is 1.71 bits per heavy atom. The molecule has 6 rings (SSSR count). The molecule has 0 saturated heterocycles. The second-order valence-electron chi connectivity index (χ2n) is 9.14. The number of pyridine rings is 3. The van der Waals surface area contributed by atoms with Crippen molar-refractivity contribution >= 4 is 5.65 Å². The number of hydrogen-bond donors (Lipinski definition) is 0. The van der Waals surface area contributed by atoms with E-state index in [1.165, 1.54) is 18.3 Å². The molecule has 6 heterocycles. The van der Waals surface area contributed by atoms with Crippen molar-refractivity contribution in [1.29, 1.82) is 0 Å². The van der Waals surface area contributed by atoms with Crippen LogP contribution in [-0.2, 0) is 0 Å². The topological polar surface area (TPSA) is 78.7 Å². The second-order valence-corrected chi connectivity index (χ2v) is 9.14. The molecule has 38 heavy (non-hydrogen) atoms. The summed E-state index contributed by atoms with van der Waals surface area (Å²) in [7, 11) is 0. The first-order valence-corrected chi connectivity index (χ1v) is 12.3. The molecule has 0 saturated carbocycles. The van der Waals surface area contributed by atoms with E-state index in [9.17, 15) is 8.78 Å². The number of aryl methyl sites for hydroxylation is 2. The van der Waals surface area contributed by atoms with Crippen LogP contribution in [0, 0.1) is 25.5 Å². The standard InChI is InChI=1S/C28H24F2N8/c1-4-25(24-9-7-21(29)15-31-24)37-16-20(14-32-37)23-10-8-22(30)27(33-23)19-11-12-36-26(13-19)34-28(35-36)38-17(2)5-6-18(38)3/h5-16,25H,4H2,1-3H3. The lowest BCUT2D eigenvalue weighted by Gasteiger charge is -2.14. The highest BCUT2D eigenvalue weighted by Crippen LogP contribution is 2.28. The van der Waals surface area contributed by atoms with Crippen LogP contribution in [0.3, 0.4) is 0 Å². The molecule has 0 aromatic carbocycles. The maximum atomic E-state index is 15.0. The fraction of sp³-hybridized carbons (Fsp3) is 0.179. The number of halogens is 2. The third-order valence-electron chi connectivity index (χ3n) is 6.61. The summed E-state index contributed by atoms with van der Waals surface area (Å²) in [5.41, 5.74) is 5.46. The van der Waals surface area contributed by atoms with E-state index in [1.54, 1.807) is 45.9 Å². The first kappa shape index (κ1) is 23.7. The zero-order valence-corrected chi connectivity index (χ0v) is 21.0. The highest BCUT2D eigenvalue weighted by atomic mass is 19.1. The van der Waals surface area contributed by atoms with Crippen molar-refractivity contribution in [3.63, 3.8) is 0 Å². The molecule has 0 fully saturated rings. The van der Waals surface area contributed by atoms with Crippen LogP contribution in [0.4, 0.5) is 8.78 Å². The molecular formula is C28H24F2N8. The van der Waals surface area contributed by atoms with Gasteiger partial charge in [0.25, 0.3) is 5.95 Å². The van der Waals surface area contributed by atoms with Gasteiger partial charge in [-0.25, -0.2) is 18.3 Å². The Labute approximate surface area is 217 Å². The minimum atomic E-state index is -0.440. The molecule has 1 unspecified atom stereocenters. The molecule has 0 radical (unpaired) electrons. The van der Waals surface area contributed by atoms with Gasteiger partial charge in [-0.3, -0.25) is 14.2 Å². The SMILES string of the molecule is CCC(c1ccc(F)cn1)n1cc(-c2ccc(F)c(-c3ccn4nc(-n5c(C)ccc5C)nc4c3)n2)cn1. The molecular weight excluding hydrogens is 486 g/mol. The van der Waals surface area contributed by atoms with Gasteiger partial charge in [-0.1, -0.05) is 6.92 Å². The van der Waals surface area contributed by atoms with E-state index < -0.39 is 5.82 Å². The fourth-order valence-corrected chi connectivity index (χ4v) is 4.66. The van der Waals surface area contributed by atoms with Crippen LogP contribution in [0.1, 0.15) is 36.5 Å². The highest BCUT2D eigenvalue weighted by Gasteiger charge is 2.18. The molecule has 0 N–H and O–H groups in total. The molecule has 10 heteroatoms. The summed E-state index contributed by atoms with van der Waals surface area (Å²) >= 11 is 0. The Bertz CT molecular complexity index is 1740. The summed E-state index contributed by atoms with van der Waals surface area (Å²) in [4.78, 5) is 13.5. The summed E-state index contributed by atoms with van der Waals surface area (Å²) in [6.07, 6.45) is 7.20. The van der Waals surface area contributed by atoms with Crippen LogP contribution < -0.4 is 0 Å². The van der Waals surface area contributed by atoms with Crippen LogP contribution in [0.5, 0.6) is 0 Å². The largest absolute Gasteiger partial charge is 0.286 e. The summed E-state index contributed by atoms with van der Waals surface area (Å²) in [6.45, 7) is 6.00. The van der Waals surface area contributed by atoms with Gasteiger partial charge in [0.15, 0.2) is 5.65 Å². The van der Waals surface area contributed by atoms with Crippen molar-refractivity contribution in [3.8, 4) is 28.5 Å². The van der Waals surface area contributed by atoms with Crippen molar-refractivity contribution < 1.29 is 8.78 Å². The van der Waals surface area contributed by atoms with Crippen LogP contribution in [0.25, 0.3) is 34.1 Å². The minimum absolute atomic E-state index is 0.165. The van der Waals surface area contributed by atoms with Crippen LogP contribution >= 0.6 is 0 Å². The lowest BCUT2D eigenvalue weighted by atomic mass is 10.1. The number of rotatable bonds is 6. The maximum absolute atomic E-state index is 15.0. The molecule has 0 aliphatic carbocycles. The van der Waals surface area contributed by atoms with Crippen LogP contribution in [0.15, 0.2) is 73.3 Å². The van der Waals surface area contributed by atoms with E-state index in [2.05, 4.69) is 25.1 Å². The Morgan fingerprint density at radius 3 is 2.45 bits per heavy atom. The summed E-state index contributed by atoms with van der Waals surface area (Å²) in [5, 5.41) is 9.07. The highest BCUT2D eigenvalue weighted by molar-refractivity contribution is 5.68. The van der Waals surface area contributed by atoms with Crippen LogP contribution in [0.2, 0.25) is 0 Å². The number of nitrogens with zero attached hydrogens (tertiary/aromatic N) is 8. The Balaban J connectivity index is 1.34. The first-order valence-electron chi connectivity index (χ1n) is 12.3. The number of hydrogen-bond acceptors (Lipinski definition) is 5. The maximum Gasteiger partial charge on any atom is 0.254 e. The Hall–Kier alpha value is -4.73. The third-order valence-corrected chi connectivity index (χ3v) is 6.61. The average molecular weight is 511 g/mol. The van der Waals surface area contributed by atoms with Gasteiger partial charge in [-0.05, 0) is 68.8 Å². The Morgan fingerprint density at radius 1 is 0.895 bits per heavy atom. The number of fused-ring (bicyclic) bond motifs is 1. The van der Waals surface area contributed by atoms with E-state index >= 15 is 0 Å². The van der Waals surface area contributed by atoms with Gasteiger partial charge < -0.3 is 0 Å². The second kappa shape index (κ2) is 9.29. The van der Waals surface area contributed by atoms with E-state index in [4.69, 9.17) is 0 Å². The van der Waals surface area contributed by atoms with Gasteiger partial charge >= 0.3 is 0 Å². The van der Waals surface area contributed by atoms with Crippen molar-refractivity contribution in [2.45, 2.75) is 33.2 Å². The van der Waals surface area contributed by atoms with Gasteiger partial charge in [0.05, 0.1) is 29.8 Å². The van der Waals surface area contributed by atoms with E-state index in [1.807, 2.05) is 43.7 Å². The van der Waals surface area contributed by atoms with Crippen molar-refractivity contribution in [2.75, 3.05) is 0 Å². The predicted molar refractivity (Wildman–Crippen MR) is 139 cm³/mol. The molecule has 0 aliphatic rings. The molecule has 0 bridgehead atoms. The molecule has 1 atom stereocenters. The smallest absolute Gasteiger partial charge is 0.254 e. The van der Waals surface area contributed by atoms with E-state index in [0.29, 0.717) is 35.0 Å². The normalized spacial score (nSPS) is 12.3. The van der Waals surface area contributed by atoms with Gasteiger partial charge in [0.2, 0.25) is 0 Å². The zero-order valence-electron chi connectivity index (χ0n) is 21.0. The summed E-state index contributed by atoms with van der Waals surface area (Å²) in [5.74, 6) is -0.273. The molecule has 0 aliphatic heterocycles. The van der Waals surface area contributed by atoms with E-state index in [-0.39, 0.29) is 17.6 Å². The van der Waals surface area contributed by atoms with Gasteiger partial charge in [-0.2, -0.15) is 10.1 Å². The predicted octanol–water partition coefficient (Wildman–Crippen LogP) is 5.73. The third kappa shape index (κ3) is 4.13.